The first-order chi connectivity index (χ1) is 8.91. The van der Waals surface area contributed by atoms with Gasteiger partial charge in [-0.15, -0.1) is 0 Å². The normalized spacial score (nSPS) is 17.4. The number of anilines is 1. The fraction of sp³-hybridized carbons (Fsp3) is 0.462. The van der Waals surface area contributed by atoms with Crippen LogP contribution in [0.4, 0.5) is 18.9 Å². The Bertz CT molecular complexity index is 481. The lowest BCUT2D eigenvalue weighted by Gasteiger charge is -2.21. The largest absolute Gasteiger partial charge is 0.418 e. The number of rotatable bonds is 2. The van der Waals surface area contributed by atoms with Crippen molar-refractivity contribution in [2.45, 2.75) is 19.0 Å². The molecular formula is C13H14F3NOS. The van der Waals surface area contributed by atoms with Crippen LogP contribution in [-0.2, 0) is 6.18 Å². The Labute approximate surface area is 113 Å². The number of carbonyl (C=O) groups is 1. The predicted octanol–water partition coefficient (Wildman–Crippen LogP) is 3.61. The first-order valence-corrected chi connectivity index (χ1v) is 7.14. The van der Waals surface area contributed by atoms with Crippen molar-refractivity contribution in [3.05, 3.63) is 29.3 Å². The molecular weight excluding hydrogens is 275 g/mol. The predicted molar refractivity (Wildman–Crippen MR) is 70.2 cm³/mol. The molecule has 19 heavy (non-hydrogen) atoms. The van der Waals surface area contributed by atoms with Crippen LogP contribution in [0.5, 0.6) is 0 Å². The Kier molecular flexibility index (Phi) is 4.08. The second kappa shape index (κ2) is 5.45. The summed E-state index contributed by atoms with van der Waals surface area (Å²) in [5, 5.41) is 0. The van der Waals surface area contributed by atoms with Gasteiger partial charge >= 0.3 is 6.18 Å². The summed E-state index contributed by atoms with van der Waals surface area (Å²) in [6.07, 6.45) is -3.11. The number of nitrogens with two attached hydrogens (primary N) is 1. The van der Waals surface area contributed by atoms with Gasteiger partial charge in [-0.1, -0.05) is 6.07 Å². The van der Waals surface area contributed by atoms with Crippen LogP contribution >= 0.6 is 11.8 Å². The highest BCUT2D eigenvalue weighted by atomic mass is 32.2. The zero-order valence-corrected chi connectivity index (χ0v) is 11.0. The van der Waals surface area contributed by atoms with Crippen molar-refractivity contribution in [2.24, 2.45) is 5.92 Å². The van der Waals surface area contributed by atoms with Crippen LogP contribution in [0.15, 0.2) is 18.2 Å². The van der Waals surface area contributed by atoms with Gasteiger partial charge in [-0.2, -0.15) is 24.9 Å². The highest BCUT2D eigenvalue weighted by Gasteiger charge is 2.35. The van der Waals surface area contributed by atoms with Gasteiger partial charge in [0.05, 0.1) is 11.3 Å². The van der Waals surface area contributed by atoms with E-state index in [0.717, 1.165) is 17.6 Å². The zero-order chi connectivity index (χ0) is 14.0. The highest BCUT2D eigenvalue weighted by Crippen LogP contribution is 2.36. The van der Waals surface area contributed by atoms with Crippen molar-refractivity contribution in [1.82, 2.24) is 0 Å². The maximum Gasteiger partial charge on any atom is 0.418 e. The summed E-state index contributed by atoms with van der Waals surface area (Å²) >= 11 is 1.76. The summed E-state index contributed by atoms with van der Waals surface area (Å²) in [5.41, 5.74) is 4.16. The highest BCUT2D eigenvalue weighted by molar-refractivity contribution is 7.99. The van der Waals surface area contributed by atoms with Crippen LogP contribution in [0.1, 0.15) is 28.8 Å². The lowest BCUT2D eigenvalue weighted by Crippen LogP contribution is -2.22. The minimum Gasteiger partial charge on any atom is -0.398 e. The van der Waals surface area contributed by atoms with Gasteiger partial charge < -0.3 is 5.73 Å². The van der Waals surface area contributed by atoms with E-state index in [1.54, 1.807) is 11.8 Å². The third-order valence-electron chi connectivity index (χ3n) is 3.27. The van der Waals surface area contributed by atoms with Crippen molar-refractivity contribution < 1.29 is 18.0 Å². The quantitative estimate of drug-likeness (QED) is 0.668. The van der Waals surface area contributed by atoms with Crippen molar-refractivity contribution in [1.29, 1.82) is 0 Å². The number of hydrogen-bond acceptors (Lipinski definition) is 3. The summed E-state index contributed by atoms with van der Waals surface area (Å²) < 4.78 is 38.2. The molecule has 0 bridgehead atoms. The summed E-state index contributed by atoms with van der Waals surface area (Å²) in [4.78, 5) is 12.2. The van der Waals surface area contributed by atoms with Gasteiger partial charge in [-0.05, 0) is 36.5 Å². The maximum atomic E-state index is 12.7. The number of thioether (sulfide) groups is 1. The summed E-state index contributed by atoms with van der Waals surface area (Å²) in [6.45, 7) is 0. The third-order valence-corrected chi connectivity index (χ3v) is 4.32. The molecule has 0 amide bonds. The number of nitrogen functional groups attached to an aromatic ring is 1. The molecule has 104 valence electrons. The molecule has 1 aliphatic rings. The van der Waals surface area contributed by atoms with Crippen LogP contribution in [0.3, 0.4) is 0 Å². The smallest absolute Gasteiger partial charge is 0.398 e. The Hall–Kier alpha value is -1.17. The molecule has 1 aliphatic heterocycles. The first kappa shape index (κ1) is 14.2. The molecule has 0 spiro atoms. The fourth-order valence-electron chi connectivity index (χ4n) is 2.21. The lowest BCUT2D eigenvalue weighted by molar-refractivity contribution is -0.136. The SMILES string of the molecule is Nc1c(C(=O)C2CCSCC2)cccc1C(F)(F)F. The molecule has 1 saturated heterocycles. The summed E-state index contributed by atoms with van der Waals surface area (Å²) in [5.74, 6) is 1.28. The molecule has 2 nitrogen and oxygen atoms in total. The molecule has 0 unspecified atom stereocenters. The molecule has 0 aromatic heterocycles. The van der Waals surface area contributed by atoms with Gasteiger partial charge in [0.15, 0.2) is 5.78 Å². The number of alkyl halides is 3. The van der Waals surface area contributed by atoms with E-state index >= 15 is 0 Å². The van der Waals surface area contributed by atoms with E-state index in [-0.39, 0.29) is 17.3 Å². The molecule has 6 heteroatoms. The number of halogens is 3. The minimum absolute atomic E-state index is 0.00623. The number of benzene rings is 1. The topological polar surface area (TPSA) is 43.1 Å². The molecule has 2 N–H and O–H groups in total. The van der Waals surface area contributed by atoms with Crippen LogP contribution < -0.4 is 5.73 Å². The van der Waals surface area contributed by atoms with E-state index in [9.17, 15) is 18.0 Å². The van der Waals surface area contributed by atoms with Gasteiger partial charge in [-0.3, -0.25) is 4.79 Å². The molecule has 0 aliphatic carbocycles. The molecule has 1 aromatic rings. The van der Waals surface area contributed by atoms with Crippen LogP contribution in [0.2, 0.25) is 0 Å². The number of ketones is 1. The second-order valence-electron chi connectivity index (χ2n) is 4.52. The number of para-hydroxylation sites is 1. The Morgan fingerprint density at radius 1 is 1.26 bits per heavy atom. The summed E-state index contributed by atoms with van der Waals surface area (Å²) in [7, 11) is 0. The Balaban J connectivity index is 2.32. The van der Waals surface area contributed by atoms with E-state index in [1.165, 1.54) is 12.1 Å². The first-order valence-electron chi connectivity index (χ1n) is 5.99. The Morgan fingerprint density at radius 3 is 2.47 bits per heavy atom. The van der Waals surface area contributed by atoms with E-state index in [0.29, 0.717) is 12.8 Å². The lowest BCUT2D eigenvalue weighted by atomic mass is 9.90. The van der Waals surface area contributed by atoms with Crippen molar-refractivity contribution in [3.8, 4) is 0 Å². The van der Waals surface area contributed by atoms with Gasteiger partial charge in [0.1, 0.15) is 0 Å². The average Bonchev–Trinajstić information content (AvgIpc) is 2.38. The van der Waals surface area contributed by atoms with Crippen molar-refractivity contribution in [3.63, 3.8) is 0 Å². The molecule has 0 radical (unpaired) electrons. The molecule has 2 rings (SSSR count). The fourth-order valence-corrected chi connectivity index (χ4v) is 3.31. The molecule has 0 saturated carbocycles. The van der Waals surface area contributed by atoms with Gasteiger partial charge in [0.25, 0.3) is 0 Å². The average molecular weight is 289 g/mol. The van der Waals surface area contributed by atoms with Gasteiger partial charge in [0, 0.05) is 11.5 Å². The number of carbonyl (C=O) groups excluding carboxylic acids is 1. The van der Waals surface area contributed by atoms with E-state index in [4.69, 9.17) is 5.73 Å². The number of hydrogen-bond donors (Lipinski definition) is 1. The number of Topliss-reactive ketones (excluding diaryl/α,β-unsaturated/α-hetero) is 1. The molecule has 1 fully saturated rings. The van der Waals surface area contributed by atoms with Crippen LogP contribution in [-0.4, -0.2) is 17.3 Å². The zero-order valence-electron chi connectivity index (χ0n) is 10.2. The molecule has 1 heterocycles. The Morgan fingerprint density at radius 2 is 1.89 bits per heavy atom. The second-order valence-corrected chi connectivity index (χ2v) is 5.74. The molecule has 1 aromatic carbocycles. The van der Waals surface area contributed by atoms with E-state index < -0.39 is 17.4 Å². The third kappa shape index (κ3) is 3.05. The maximum absolute atomic E-state index is 12.7. The van der Waals surface area contributed by atoms with Gasteiger partial charge in [-0.25, -0.2) is 0 Å². The summed E-state index contributed by atoms with van der Waals surface area (Å²) in [6, 6.07) is 3.53. The monoisotopic (exact) mass is 289 g/mol. The van der Waals surface area contributed by atoms with Crippen LogP contribution in [0, 0.1) is 5.92 Å². The van der Waals surface area contributed by atoms with Crippen molar-refractivity contribution >= 4 is 23.2 Å². The van der Waals surface area contributed by atoms with Crippen molar-refractivity contribution in [2.75, 3.05) is 17.2 Å². The van der Waals surface area contributed by atoms with Crippen LogP contribution in [0.25, 0.3) is 0 Å². The minimum atomic E-state index is -4.53. The van der Waals surface area contributed by atoms with E-state index in [1.807, 2.05) is 0 Å². The molecule has 0 atom stereocenters. The van der Waals surface area contributed by atoms with Gasteiger partial charge in [0.2, 0.25) is 0 Å². The van der Waals surface area contributed by atoms with E-state index in [2.05, 4.69) is 0 Å². The standard InChI is InChI=1S/C13H14F3NOS/c14-13(15,16)10-3-1-2-9(11(10)17)12(18)8-4-6-19-7-5-8/h1-3,8H,4-7,17H2.